The molecule has 6 heteroatoms. The number of nitrogens with zero attached hydrogens (tertiary/aromatic N) is 2. The number of benzene rings is 2. The fourth-order valence-electron chi connectivity index (χ4n) is 3.34. The maximum absolute atomic E-state index is 13.1. The van der Waals surface area contributed by atoms with Gasteiger partial charge in [-0.2, -0.15) is 4.31 Å². The largest absolute Gasteiger partial charge is 0.341 e. The Morgan fingerprint density at radius 1 is 1.17 bits per heavy atom. The second-order valence-corrected chi connectivity index (χ2v) is 8.12. The van der Waals surface area contributed by atoms with Crippen molar-refractivity contribution in [1.29, 1.82) is 0 Å². The van der Waals surface area contributed by atoms with Crippen LogP contribution in [0, 0.1) is 6.92 Å². The SMILES string of the molecule is Cc1cccc(S(=O)(=O)N2CCCC2c2nc3ccccc3[nH]2)c1. The molecule has 124 valence electrons. The molecule has 0 radical (unpaired) electrons. The quantitative estimate of drug-likeness (QED) is 0.794. The Kier molecular flexibility index (Phi) is 3.66. The average molecular weight is 341 g/mol. The Hall–Kier alpha value is -2.18. The first-order valence-corrected chi connectivity index (χ1v) is 9.53. The number of imidazole rings is 1. The van der Waals surface area contributed by atoms with Crippen LogP contribution < -0.4 is 0 Å². The maximum atomic E-state index is 13.1. The van der Waals surface area contributed by atoms with E-state index in [0.717, 1.165) is 35.3 Å². The van der Waals surface area contributed by atoms with E-state index in [9.17, 15) is 8.42 Å². The van der Waals surface area contributed by atoms with Gasteiger partial charge in [0, 0.05) is 6.54 Å². The van der Waals surface area contributed by atoms with E-state index in [2.05, 4.69) is 9.97 Å². The highest BCUT2D eigenvalue weighted by Crippen LogP contribution is 2.36. The van der Waals surface area contributed by atoms with Crippen LogP contribution in [0.1, 0.15) is 30.3 Å². The average Bonchev–Trinajstić information content (AvgIpc) is 3.21. The van der Waals surface area contributed by atoms with Gasteiger partial charge in [-0.25, -0.2) is 13.4 Å². The number of hydrogen-bond donors (Lipinski definition) is 1. The van der Waals surface area contributed by atoms with Crippen molar-refractivity contribution < 1.29 is 8.42 Å². The Morgan fingerprint density at radius 3 is 2.79 bits per heavy atom. The van der Waals surface area contributed by atoms with Crippen LogP contribution in [0.5, 0.6) is 0 Å². The number of rotatable bonds is 3. The number of para-hydroxylation sites is 2. The lowest BCUT2D eigenvalue weighted by Gasteiger charge is -2.22. The van der Waals surface area contributed by atoms with E-state index in [-0.39, 0.29) is 6.04 Å². The van der Waals surface area contributed by atoms with Crippen LogP contribution in [0.3, 0.4) is 0 Å². The zero-order valence-electron chi connectivity index (χ0n) is 13.4. The predicted molar refractivity (Wildman–Crippen MR) is 93.1 cm³/mol. The summed E-state index contributed by atoms with van der Waals surface area (Å²) in [5.41, 5.74) is 2.75. The van der Waals surface area contributed by atoms with Crippen LogP contribution >= 0.6 is 0 Å². The lowest BCUT2D eigenvalue weighted by Crippen LogP contribution is -2.31. The van der Waals surface area contributed by atoms with Crippen molar-refractivity contribution in [2.45, 2.75) is 30.7 Å². The Balaban J connectivity index is 1.74. The van der Waals surface area contributed by atoms with Crippen LogP contribution in [-0.4, -0.2) is 29.2 Å². The highest BCUT2D eigenvalue weighted by atomic mass is 32.2. The normalized spacial score (nSPS) is 19.1. The van der Waals surface area contributed by atoms with Gasteiger partial charge in [0.15, 0.2) is 0 Å². The summed E-state index contributed by atoms with van der Waals surface area (Å²) >= 11 is 0. The minimum atomic E-state index is -3.52. The van der Waals surface area contributed by atoms with Gasteiger partial charge in [0.1, 0.15) is 5.82 Å². The lowest BCUT2D eigenvalue weighted by molar-refractivity contribution is 0.385. The van der Waals surface area contributed by atoms with Crippen LogP contribution in [0.15, 0.2) is 53.4 Å². The number of H-pyrrole nitrogens is 1. The van der Waals surface area contributed by atoms with E-state index in [0.29, 0.717) is 11.4 Å². The molecule has 5 nitrogen and oxygen atoms in total. The molecule has 1 aliphatic heterocycles. The number of nitrogens with one attached hydrogen (secondary N) is 1. The van der Waals surface area contributed by atoms with E-state index in [4.69, 9.17) is 0 Å². The van der Waals surface area contributed by atoms with Gasteiger partial charge in [-0.15, -0.1) is 0 Å². The zero-order chi connectivity index (χ0) is 16.7. The van der Waals surface area contributed by atoms with Crippen molar-refractivity contribution in [3.8, 4) is 0 Å². The molecular formula is C18H19N3O2S. The van der Waals surface area contributed by atoms with Crippen molar-refractivity contribution in [1.82, 2.24) is 14.3 Å². The molecule has 0 aliphatic carbocycles. The molecule has 1 atom stereocenters. The van der Waals surface area contributed by atoms with Gasteiger partial charge >= 0.3 is 0 Å². The Morgan fingerprint density at radius 2 is 2.00 bits per heavy atom. The van der Waals surface area contributed by atoms with Crippen molar-refractivity contribution in [3.05, 3.63) is 59.9 Å². The summed E-state index contributed by atoms with van der Waals surface area (Å²) in [4.78, 5) is 8.25. The minimum absolute atomic E-state index is 0.233. The summed E-state index contributed by atoms with van der Waals surface area (Å²) in [6, 6.07) is 14.6. The fourth-order valence-corrected chi connectivity index (χ4v) is 5.11. The molecule has 1 saturated heterocycles. The Bertz CT molecular complexity index is 961. The van der Waals surface area contributed by atoms with E-state index in [1.54, 1.807) is 22.5 Å². The van der Waals surface area contributed by atoms with E-state index < -0.39 is 10.0 Å². The molecule has 24 heavy (non-hydrogen) atoms. The van der Waals surface area contributed by atoms with Crippen LogP contribution in [0.2, 0.25) is 0 Å². The van der Waals surface area contributed by atoms with E-state index in [1.807, 2.05) is 37.3 Å². The molecule has 0 saturated carbocycles. The first-order valence-electron chi connectivity index (χ1n) is 8.09. The maximum Gasteiger partial charge on any atom is 0.243 e. The number of aromatic nitrogens is 2. The summed E-state index contributed by atoms with van der Waals surface area (Å²) in [5, 5.41) is 0. The molecule has 1 N–H and O–H groups in total. The summed E-state index contributed by atoms with van der Waals surface area (Å²) < 4.78 is 27.7. The molecular weight excluding hydrogens is 322 g/mol. The molecule has 4 rings (SSSR count). The number of hydrogen-bond acceptors (Lipinski definition) is 3. The van der Waals surface area contributed by atoms with Crippen molar-refractivity contribution in [2.75, 3.05) is 6.54 Å². The van der Waals surface area contributed by atoms with Gasteiger partial charge in [0.2, 0.25) is 10.0 Å². The molecule has 1 unspecified atom stereocenters. The van der Waals surface area contributed by atoms with Gasteiger partial charge in [-0.1, -0.05) is 24.3 Å². The highest BCUT2D eigenvalue weighted by molar-refractivity contribution is 7.89. The second-order valence-electron chi connectivity index (χ2n) is 6.23. The van der Waals surface area contributed by atoms with Crippen molar-refractivity contribution in [2.24, 2.45) is 0 Å². The number of aryl methyl sites for hydroxylation is 1. The predicted octanol–water partition coefficient (Wildman–Crippen LogP) is 3.40. The third kappa shape index (κ3) is 2.52. The molecule has 2 heterocycles. The summed E-state index contributed by atoms with van der Waals surface area (Å²) in [6.45, 7) is 2.43. The first-order chi connectivity index (χ1) is 11.6. The van der Waals surface area contributed by atoms with Crippen LogP contribution in [-0.2, 0) is 10.0 Å². The monoisotopic (exact) mass is 341 g/mol. The van der Waals surface area contributed by atoms with Gasteiger partial charge < -0.3 is 4.98 Å². The lowest BCUT2D eigenvalue weighted by atomic mass is 10.2. The molecule has 1 fully saturated rings. The topological polar surface area (TPSA) is 66.1 Å². The molecule has 0 spiro atoms. The third-order valence-electron chi connectivity index (χ3n) is 4.52. The molecule has 0 bridgehead atoms. The first kappa shape index (κ1) is 15.4. The molecule has 2 aromatic carbocycles. The van der Waals surface area contributed by atoms with Gasteiger partial charge in [0.05, 0.1) is 22.0 Å². The number of sulfonamides is 1. The minimum Gasteiger partial charge on any atom is -0.341 e. The highest BCUT2D eigenvalue weighted by Gasteiger charge is 2.37. The number of fused-ring (bicyclic) bond motifs is 1. The van der Waals surface area contributed by atoms with Gasteiger partial charge in [0.25, 0.3) is 0 Å². The standard InChI is InChI=1S/C18H19N3O2S/c1-13-6-4-7-14(12-13)24(22,23)21-11-5-10-17(21)18-19-15-8-2-3-9-16(15)20-18/h2-4,6-9,12,17H,5,10-11H2,1H3,(H,19,20). The van der Waals surface area contributed by atoms with Crippen molar-refractivity contribution >= 4 is 21.1 Å². The third-order valence-corrected chi connectivity index (χ3v) is 6.43. The van der Waals surface area contributed by atoms with E-state index >= 15 is 0 Å². The smallest absolute Gasteiger partial charge is 0.243 e. The van der Waals surface area contributed by atoms with E-state index in [1.165, 1.54) is 0 Å². The zero-order valence-corrected chi connectivity index (χ0v) is 14.3. The van der Waals surface area contributed by atoms with Crippen LogP contribution in [0.25, 0.3) is 11.0 Å². The molecule has 1 aromatic heterocycles. The second kappa shape index (κ2) is 5.72. The molecule has 0 amide bonds. The Labute approximate surface area is 141 Å². The van der Waals surface area contributed by atoms with Gasteiger partial charge in [-0.05, 0) is 49.6 Å². The summed E-state index contributed by atoms with van der Waals surface area (Å²) in [5.74, 6) is 0.727. The molecule has 3 aromatic rings. The molecule has 1 aliphatic rings. The van der Waals surface area contributed by atoms with Crippen molar-refractivity contribution in [3.63, 3.8) is 0 Å². The van der Waals surface area contributed by atoms with Crippen LogP contribution in [0.4, 0.5) is 0 Å². The fraction of sp³-hybridized carbons (Fsp3) is 0.278. The van der Waals surface area contributed by atoms with Gasteiger partial charge in [-0.3, -0.25) is 0 Å². The summed E-state index contributed by atoms with van der Waals surface area (Å²) in [7, 11) is -3.52. The summed E-state index contributed by atoms with van der Waals surface area (Å²) in [6.07, 6.45) is 1.62. The number of aromatic amines is 1.